The Morgan fingerprint density at radius 3 is 2.35 bits per heavy atom. The van der Waals surface area contributed by atoms with Crippen LogP contribution in [-0.4, -0.2) is 74.2 Å². The number of hydrogen-bond donors (Lipinski definition) is 2. The van der Waals surface area contributed by atoms with Gasteiger partial charge in [-0.25, -0.2) is 4.79 Å². The van der Waals surface area contributed by atoms with E-state index in [-0.39, 0.29) is 11.9 Å². The van der Waals surface area contributed by atoms with Crippen molar-refractivity contribution in [2.45, 2.75) is 25.3 Å². The molecule has 0 aromatic heterocycles. The first-order valence-corrected chi connectivity index (χ1v) is 9.33. The molecular formula is C19H28N4O3. The lowest BCUT2D eigenvalue weighted by Crippen LogP contribution is -2.53. The molecule has 0 atom stereocenters. The van der Waals surface area contributed by atoms with Crippen molar-refractivity contribution in [3.8, 4) is 0 Å². The fourth-order valence-electron chi connectivity index (χ4n) is 3.52. The van der Waals surface area contributed by atoms with Crippen molar-refractivity contribution < 1.29 is 14.3 Å². The van der Waals surface area contributed by atoms with E-state index in [1.165, 1.54) is 0 Å². The Bertz CT molecular complexity index is 606. The van der Waals surface area contributed by atoms with E-state index in [0.717, 1.165) is 63.5 Å². The zero-order valence-electron chi connectivity index (χ0n) is 15.4. The summed E-state index contributed by atoms with van der Waals surface area (Å²) in [5.74, 6) is -0.0239. The molecule has 1 aromatic carbocycles. The van der Waals surface area contributed by atoms with E-state index in [1.807, 2.05) is 29.2 Å². The van der Waals surface area contributed by atoms with Crippen LogP contribution in [0.1, 0.15) is 18.4 Å². The second-order valence-corrected chi connectivity index (χ2v) is 6.84. The van der Waals surface area contributed by atoms with E-state index in [0.29, 0.717) is 12.5 Å². The number of benzene rings is 1. The highest BCUT2D eigenvalue weighted by Crippen LogP contribution is 2.17. The highest BCUT2D eigenvalue weighted by molar-refractivity contribution is 5.89. The summed E-state index contributed by atoms with van der Waals surface area (Å²) in [6, 6.07) is 7.96. The number of nitrogens with one attached hydrogen (secondary N) is 2. The van der Waals surface area contributed by atoms with Crippen LogP contribution in [-0.2, 0) is 16.0 Å². The Kier molecular flexibility index (Phi) is 6.46. The van der Waals surface area contributed by atoms with Crippen molar-refractivity contribution in [2.75, 3.05) is 51.8 Å². The third-order valence-electron chi connectivity index (χ3n) is 5.16. The van der Waals surface area contributed by atoms with Crippen LogP contribution in [0.2, 0.25) is 0 Å². The first-order valence-electron chi connectivity index (χ1n) is 9.33. The van der Waals surface area contributed by atoms with Crippen LogP contribution in [0.5, 0.6) is 0 Å². The molecule has 2 fully saturated rings. The zero-order chi connectivity index (χ0) is 18.4. The number of nitrogens with zero attached hydrogens (tertiary/aromatic N) is 2. The van der Waals surface area contributed by atoms with Crippen molar-refractivity contribution in [3.63, 3.8) is 0 Å². The SMILES string of the molecule is CNC(=O)Cc1ccc(NC(=O)N2CCN(C3CCOCC3)CC2)cc1. The Morgan fingerprint density at radius 1 is 1.08 bits per heavy atom. The van der Waals surface area contributed by atoms with E-state index in [4.69, 9.17) is 4.74 Å². The minimum Gasteiger partial charge on any atom is -0.381 e. The number of ether oxygens (including phenoxy) is 1. The molecular weight excluding hydrogens is 332 g/mol. The first kappa shape index (κ1) is 18.7. The standard InChI is InChI=1S/C19H28N4O3/c1-20-18(24)14-15-2-4-16(5-3-15)21-19(25)23-10-8-22(9-11-23)17-6-12-26-13-7-17/h2-5,17H,6-14H2,1H3,(H,20,24)(H,21,25). The molecule has 1 aromatic rings. The number of urea groups is 1. The smallest absolute Gasteiger partial charge is 0.321 e. The van der Waals surface area contributed by atoms with Crippen molar-refractivity contribution >= 4 is 17.6 Å². The van der Waals surface area contributed by atoms with Gasteiger partial charge in [-0.1, -0.05) is 12.1 Å². The van der Waals surface area contributed by atoms with Crippen LogP contribution in [0.15, 0.2) is 24.3 Å². The maximum atomic E-state index is 12.5. The topological polar surface area (TPSA) is 73.9 Å². The van der Waals surface area contributed by atoms with Gasteiger partial charge in [0, 0.05) is 58.2 Å². The second-order valence-electron chi connectivity index (χ2n) is 6.84. The van der Waals surface area contributed by atoms with E-state index in [9.17, 15) is 9.59 Å². The summed E-state index contributed by atoms with van der Waals surface area (Å²) in [6.07, 6.45) is 2.53. The maximum absolute atomic E-state index is 12.5. The number of carbonyl (C=O) groups excluding carboxylic acids is 2. The van der Waals surface area contributed by atoms with Crippen molar-refractivity contribution in [2.24, 2.45) is 0 Å². The zero-order valence-corrected chi connectivity index (χ0v) is 15.4. The maximum Gasteiger partial charge on any atom is 0.321 e. The van der Waals surface area contributed by atoms with Crippen LogP contribution in [0.3, 0.4) is 0 Å². The van der Waals surface area contributed by atoms with Crippen molar-refractivity contribution in [1.29, 1.82) is 0 Å². The molecule has 2 heterocycles. The van der Waals surface area contributed by atoms with Gasteiger partial charge in [0.1, 0.15) is 0 Å². The molecule has 0 unspecified atom stereocenters. The summed E-state index contributed by atoms with van der Waals surface area (Å²) in [6.45, 7) is 5.03. The fraction of sp³-hybridized carbons (Fsp3) is 0.579. The monoisotopic (exact) mass is 360 g/mol. The van der Waals surface area contributed by atoms with Gasteiger partial charge in [0.15, 0.2) is 0 Å². The van der Waals surface area contributed by atoms with Gasteiger partial charge in [-0.15, -0.1) is 0 Å². The lowest BCUT2D eigenvalue weighted by Gasteiger charge is -2.40. The van der Waals surface area contributed by atoms with Crippen molar-refractivity contribution in [1.82, 2.24) is 15.1 Å². The van der Waals surface area contributed by atoms with Crippen molar-refractivity contribution in [3.05, 3.63) is 29.8 Å². The summed E-state index contributed by atoms with van der Waals surface area (Å²) >= 11 is 0. The van der Waals surface area contributed by atoms with Gasteiger partial charge >= 0.3 is 6.03 Å². The largest absolute Gasteiger partial charge is 0.381 e. The molecule has 142 valence electrons. The molecule has 7 heteroatoms. The molecule has 0 spiro atoms. The molecule has 0 radical (unpaired) electrons. The van der Waals surface area contributed by atoms with Gasteiger partial charge in [0.25, 0.3) is 0 Å². The summed E-state index contributed by atoms with van der Waals surface area (Å²) in [7, 11) is 1.62. The molecule has 7 nitrogen and oxygen atoms in total. The average molecular weight is 360 g/mol. The van der Waals surface area contributed by atoms with Crippen LogP contribution < -0.4 is 10.6 Å². The third kappa shape index (κ3) is 4.95. The van der Waals surface area contributed by atoms with Gasteiger partial charge < -0.3 is 20.3 Å². The van der Waals surface area contributed by atoms with Gasteiger partial charge in [-0.05, 0) is 30.5 Å². The van der Waals surface area contributed by atoms with Crippen LogP contribution in [0, 0.1) is 0 Å². The predicted molar refractivity (Wildman–Crippen MR) is 100 cm³/mol. The number of carbonyl (C=O) groups is 2. The van der Waals surface area contributed by atoms with Gasteiger partial charge in [-0.3, -0.25) is 9.69 Å². The molecule has 26 heavy (non-hydrogen) atoms. The normalized spacial score (nSPS) is 19.2. The quantitative estimate of drug-likeness (QED) is 0.849. The third-order valence-corrected chi connectivity index (χ3v) is 5.16. The van der Waals surface area contributed by atoms with Crippen LogP contribution in [0.25, 0.3) is 0 Å². The van der Waals surface area contributed by atoms with E-state index >= 15 is 0 Å². The molecule has 0 aliphatic carbocycles. The van der Waals surface area contributed by atoms with Gasteiger partial charge in [0.05, 0.1) is 6.42 Å². The fourth-order valence-corrected chi connectivity index (χ4v) is 3.52. The highest BCUT2D eigenvalue weighted by Gasteiger charge is 2.27. The van der Waals surface area contributed by atoms with Crippen LogP contribution >= 0.6 is 0 Å². The molecule has 2 aliphatic heterocycles. The summed E-state index contributed by atoms with van der Waals surface area (Å²) in [4.78, 5) is 28.2. The lowest BCUT2D eigenvalue weighted by atomic mass is 10.1. The van der Waals surface area contributed by atoms with E-state index in [2.05, 4.69) is 15.5 Å². The Labute approximate surface area is 154 Å². The lowest BCUT2D eigenvalue weighted by molar-refractivity contribution is -0.119. The predicted octanol–water partition coefficient (Wildman–Crippen LogP) is 1.30. The van der Waals surface area contributed by atoms with Gasteiger partial charge in [-0.2, -0.15) is 0 Å². The molecule has 0 saturated carbocycles. The molecule has 2 saturated heterocycles. The molecule has 2 aliphatic rings. The number of rotatable bonds is 4. The highest BCUT2D eigenvalue weighted by atomic mass is 16.5. The average Bonchev–Trinajstić information content (AvgIpc) is 2.70. The van der Waals surface area contributed by atoms with Crippen LogP contribution in [0.4, 0.5) is 10.5 Å². The molecule has 2 N–H and O–H groups in total. The molecule has 3 amide bonds. The first-order chi connectivity index (χ1) is 12.7. The van der Waals surface area contributed by atoms with Gasteiger partial charge in [0.2, 0.25) is 5.91 Å². The summed E-state index contributed by atoms with van der Waals surface area (Å²) in [5.41, 5.74) is 1.68. The number of amides is 3. The summed E-state index contributed by atoms with van der Waals surface area (Å²) in [5, 5.41) is 5.55. The minimum absolute atomic E-state index is 0.0239. The number of anilines is 1. The Morgan fingerprint density at radius 2 is 1.73 bits per heavy atom. The second kappa shape index (κ2) is 9.00. The molecule has 0 bridgehead atoms. The molecule has 3 rings (SSSR count). The van der Waals surface area contributed by atoms with E-state index < -0.39 is 0 Å². The Balaban J connectivity index is 1.46. The minimum atomic E-state index is -0.0596. The number of hydrogen-bond acceptors (Lipinski definition) is 4. The van der Waals surface area contributed by atoms with E-state index in [1.54, 1.807) is 7.05 Å². The number of likely N-dealkylation sites (N-methyl/N-ethyl adjacent to an activating group) is 1. The summed E-state index contributed by atoms with van der Waals surface area (Å²) < 4.78 is 5.43. The number of piperazine rings is 1. The Hall–Kier alpha value is -2.12.